The lowest BCUT2D eigenvalue weighted by Gasteiger charge is -2.53. The third kappa shape index (κ3) is 2.34. The highest BCUT2D eigenvalue weighted by molar-refractivity contribution is 7.59. The van der Waals surface area contributed by atoms with E-state index in [0.717, 1.165) is 6.42 Å². The van der Waals surface area contributed by atoms with Crippen molar-refractivity contribution < 1.29 is 14.7 Å². The van der Waals surface area contributed by atoms with Gasteiger partial charge in [0.1, 0.15) is 0 Å². The first-order valence-electron chi connectivity index (χ1n) is 5.30. The minimum atomic E-state index is -3.75. The molecule has 1 unspecified atom stereocenters. The summed E-state index contributed by atoms with van der Waals surface area (Å²) < 4.78 is 0. The molecule has 0 saturated carbocycles. The Bertz CT molecular complexity index is 248. The van der Waals surface area contributed by atoms with E-state index in [4.69, 9.17) is 0 Å². The monoisotopic (exact) mass is 236 g/mol. The Balaban J connectivity index is 3.00. The van der Waals surface area contributed by atoms with Crippen molar-refractivity contribution in [2.75, 3.05) is 7.05 Å². The summed E-state index contributed by atoms with van der Waals surface area (Å²) in [6.07, 6.45) is 1.52. The summed E-state index contributed by atoms with van der Waals surface area (Å²) in [4.78, 5) is 30.5. The van der Waals surface area contributed by atoms with Gasteiger partial charge >= 0.3 is 7.94 Å². The van der Waals surface area contributed by atoms with Crippen LogP contribution < -0.4 is 0 Å². The van der Waals surface area contributed by atoms with E-state index >= 15 is 0 Å². The van der Waals surface area contributed by atoms with Gasteiger partial charge in [0, 0.05) is 5.54 Å². The molecule has 1 atom stereocenters. The van der Waals surface area contributed by atoms with E-state index in [2.05, 4.69) is 18.7 Å². The molecular weight excluding hydrogens is 213 g/mol. The van der Waals surface area contributed by atoms with Gasteiger partial charge in [-0.1, -0.05) is 0 Å². The van der Waals surface area contributed by atoms with Crippen molar-refractivity contribution in [2.24, 2.45) is 0 Å². The Hall–Kier alpha value is 0.270. The Labute approximate surface area is 92.5 Å². The van der Waals surface area contributed by atoms with E-state index in [0.29, 0.717) is 6.42 Å². The molecule has 0 amide bonds. The van der Waals surface area contributed by atoms with E-state index < -0.39 is 19.1 Å². The highest BCUT2D eigenvalue weighted by atomic mass is 31.2. The third-order valence-electron chi connectivity index (χ3n) is 4.04. The molecule has 0 aliphatic carbocycles. The van der Waals surface area contributed by atoms with Gasteiger partial charge in [-0.15, -0.1) is 0 Å². The van der Waals surface area contributed by atoms with Crippen molar-refractivity contribution in [2.45, 2.75) is 57.3 Å². The van der Waals surface area contributed by atoms with E-state index in [1.807, 2.05) is 20.9 Å². The fourth-order valence-corrected chi connectivity index (χ4v) is 4.11. The molecule has 3 N–H and O–H groups in total. The van der Waals surface area contributed by atoms with Gasteiger partial charge in [-0.2, -0.15) is 14.7 Å². The number of likely N-dealkylation sites (tertiary alicyclic amines) is 1. The molecule has 0 bridgehead atoms. The fourth-order valence-electron chi connectivity index (χ4n) is 2.61. The van der Waals surface area contributed by atoms with Crippen LogP contribution >= 0.6 is 7.94 Å². The molecule has 1 saturated heterocycles. The molecule has 1 rings (SSSR count). The zero-order valence-electron chi connectivity index (χ0n) is 10.2. The second-order valence-electron chi connectivity index (χ2n) is 5.69. The van der Waals surface area contributed by atoms with Crippen molar-refractivity contribution in [3.05, 3.63) is 0 Å². The molecule has 1 heterocycles. The van der Waals surface area contributed by atoms with Crippen molar-refractivity contribution in [1.29, 1.82) is 0 Å². The minimum absolute atomic E-state index is 0.0369. The predicted octanol–water partition coefficient (Wildman–Crippen LogP) is 1.38. The molecule has 0 radical (unpaired) electrons. The second kappa shape index (κ2) is 3.64. The maximum absolute atomic E-state index is 9.46. The Morgan fingerprint density at radius 1 is 1.13 bits per heavy atom. The van der Waals surface area contributed by atoms with Gasteiger partial charge in [0.2, 0.25) is 0 Å². The van der Waals surface area contributed by atoms with E-state index in [-0.39, 0.29) is 5.54 Å². The maximum Gasteiger partial charge on any atom is 0.408 e. The molecule has 1 fully saturated rings. The summed E-state index contributed by atoms with van der Waals surface area (Å²) in [7, 11) is -1.77. The molecule has 15 heavy (non-hydrogen) atoms. The molecular formula is C10H23NO3P+. The largest absolute Gasteiger partial charge is 0.408 e. The van der Waals surface area contributed by atoms with Crippen LogP contribution in [0.3, 0.4) is 0 Å². The molecule has 0 aromatic rings. The van der Waals surface area contributed by atoms with Gasteiger partial charge in [0.25, 0.3) is 0 Å². The van der Waals surface area contributed by atoms with Gasteiger partial charge in [-0.3, -0.25) is 4.90 Å². The number of hydrogen-bond donors (Lipinski definition) is 3. The van der Waals surface area contributed by atoms with E-state index in [9.17, 15) is 14.7 Å². The van der Waals surface area contributed by atoms with Gasteiger partial charge in [-0.25, -0.2) is 0 Å². The van der Waals surface area contributed by atoms with E-state index in [1.54, 1.807) is 0 Å². The van der Waals surface area contributed by atoms with E-state index in [1.165, 1.54) is 0 Å². The number of rotatable bonds is 1. The van der Waals surface area contributed by atoms with Crippen LogP contribution in [0.2, 0.25) is 0 Å². The van der Waals surface area contributed by atoms with Gasteiger partial charge in [0.15, 0.2) is 5.66 Å². The third-order valence-corrected chi connectivity index (χ3v) is 5.76. The Morgan fingerprint density at radius 3 is 2.00 bits per heavy atom. The first kappa shape index (κ1) is 13.3. The van der Waals surface area contributed by atoms with Crippen molar-refractivity contribution in [1.82, 2.24) is 4.90 Å². The highest BCUT2D eigenvalue weighted by Gasteiger charge is 2.58. The van der Waals surface area contributed by atoms with Crippen LogP contribution in [0.25, 0.3) is 0 Å². The van der Waals surface area contributed by atoms with Gasteiger partial charge in [0.05, 0.1) is 5.54 Å². The molecule has 90 valence electrons. The topological polar surface area (TPSA) is 63.9 Å². The summed E-state index contributed by atoms with van der Waals surface area (Å²) in [5.74, 6) is 0. The minimum Gasteiger partial charge on any atom is -0.292 e. The van der Waals surface area contributed by atoms with Crippen molar-refractivity contribution in [3.63, 3.8) is 0 Å². The predicted molar refractivity (Wildman–Crippen MR) is 62.5 cm³/mol. The van der Waals surface area contributed by atoms with Crippen molar-refractivity contribution >= 4 is 7.94 Å². The van der Waals surface area contributed by atoms with Gasteiger partial charge in [-0.05, 0) is 47.6 Å². The molecule has 0 aromatic heterocycles. The summed E-state index contributed by atoms with van der Waals surface area (Å²) in [6, 6.07) is 0. The molecule has 0 aromatic carbocycles. The first-order chi connectivity index (χ1) is 6.49. The molecule has 0 spiro atoms. The summed E-state index contributed by atoms with van der Waals surface area (Å²) >= 11 is 0. The van der Waals surface area contributed by atoms with Crippen LogP contribution in [-0.2, 0) is 0 Å². The quantitative estimate of drug-likeness (QED) is 0.602. The SMILES string of the molecule is CN1C(C)(C)CCC([P+](O)(O)O)C1(C)C. The van der Waals surface area contributed by atoms with Crippen LogP contribution in [0.4, 0.5) is 0 Å². The average molecular weight is 236 g/mol. The molecule has 5 heteroatoms. The highest BCUT2D eigenvalue weighted by Crippen LogP contribution is 2.59. The zero-order valence-corrected chi connectivity index (χ0v) is 11.1. The smallest absolute Gasteiger partial charge is 0.292 e. The van der Waals surface area contributed by atoms with Gasteiger partial charge < -0.3 is 0 Å². The normalized spacial score (nSPS) is 31.6. The summed E-state index contributed by atoms with van der Waals surface area (Å²) in [5.41, 5.74) is -0.800. The summed E-state index contributed by atoms with van der Waals surface area (Å²) in [6.45, 7) is 8.18. The number of hydrogen-bond acceptors (Lipinski definition) is 4. The fraction of sp³-hybridized carbons (Fsp3) is 1.00. The standard InChI is InChI=1S/C10H23NO3P/c1-9(2)7-6-8(15(12,13)14)10(3,4)11(9)5/h8,12-14H,6-7H2,1-5H3/q+1. The molecule has 4 nitrogen and oxygen atoms in total. The van der Waals surface area contributed by atoms with Crippen LogP contribution in [-0.4, -0.2) is 43.4 Å². The van der Waals surface area contributed by atoms with Crippen LogP contribution in [0.15, 0.2) is 0 Å². The average Bonchev–Trinajstić information content (AvgIpc) is 1.97. The maximum atomic E-state index is 9.46. The Kier molecular flexibility index (Phi) is 3.24. The first-order valence-corrected chi connectivity index (χ1v) is 7.02. The number of piperidine rings is 1. The van der Waals surface area contributed by atoms with Crippen LogP contribution in [0, 0.1) is 0 Å². The Morgan fingerprint density at radius 2 is 1.60 bits per heavy atom. The summed E-state index contributed by atoms with van der Waals surface area (Å²) in [5, 5.41) is 0. The lowest BCUT2D eigenvalue weighted by molar-refractivity contribution is -0.00638. The molecule has 1 aliphatic rings. The molecule has 1 aliphatic heterocycles. The lowest BCUT2D eigenvalue weighted by atomic mass is 9.80. The number of nitrogens with zero attached hydrogens (tertiary/aromatic N) is 1. The zero-order chi connectivity index (χ0) is 12.1. The lowest BCUT2D eigenvalue weighted by Crippen LogP contribution is -2.62. The van der Waals surface area contributed by atoms with Crippen LogP contribution in [0.1, 0.15) is 40.5 Å². The van der Waals surface area contributed by atoms with Crippen LogP contribution in [0.5, 0.6) is 0 Å². The van der Waals surface area contributed by atoms with Crippen molar-refractivity contribution in [3.8, 4) is 0 Å². The second-order valence-corrected chi connectivity index (χ2v) is 7.55.